The number of aromatic carboxylic acids is 1. The summed E-state index contributed by atoms with van der Waals surface area (Å²) < 4.78 is 13.6. The molecule has 0 atom stereocenters. The van der Waals surface area contributed by atoms with Gasteiger partial charge in [-0.1, -0.05) is 24.3 Å². The highest BCUT2D eigenvalue weighted by atomic mass is 19.1. The lowest BCUT2D eigenvalue weighted by Gasteiger charge is -2.05. The molecule has 0 heterocycles. The van der Waals surface area contributed by atoms with Crippen molar-refractivity contribution in [3.05, 3.63) is 59.4 Å². The van der Waals surface area contributed by atoms with Crippen molar-refractivity contribution in [3.63, 3.8) is 0 Å². The van der Waals surface area contributed by atoms with Crippen LogP contribution in [0.25, 0.3) is 11.1 Å². The van der Waals surface area contributed by atoms with Gasteiger partial charge in [0, 0.05) is 12.1 Å². The van der Waals surface area contributed by atoms with E-state index in [2.05, 4.69) is 0 Å². The summed E-state index contributed by atoms with van der Waals surface area (Å²) in [5.41, 5.74) is 7.30. The largest absolute Gasteiger partial charge is 0.478 e. The molecule has 2 aromatic rings. The van der Waals surface area contributed by atoms with Gasteiger partial charge in [0.15, 0.2) is 0 Å². The number of halogens is 1. The van der Waals surface area contributed by atoms with E-state index in [4.69, 9.17) is 10.8 Å². The average molecular weight is 245 g/mol. The first-order valence-corrected chi connectivity index (χ1v) is 5.44. The van der Waals surface area contributed by atoms with Gasteiger partial charge in [-0.05, 0) is 29.3 Å². The monoisotopic (exact) mass is 245 g/mol. The first kappa shape index (κ1) is 12.3. The van der Waals surface area contributed by atoms with Crippen molar-refractivity contribution in [2.75, 3.05) is 0 Å². The number of carboxylic acid groups (broad SMARTS) is 1. The summed E-state index contributed by atoms with van der Waals surface area (Å²) in [5, 5.41) is 8.90. The maximum atomic E-state index is 13.6. The molecule has 0 aromatic heterocycles. The molecular weight excluding hydrogens is 233 g/mol. The summed E-state index contributed by atoms with van der Waals surface area (Å²) in [4.78, 5) is 10.9. The fourth-order valence-corrected chi connectivity index (χ4v) is 1.72. The van der Waals surface area contributed by atoms with Crippen molar-refractivity contribution in [2.45, 2.75) is 6.54 Å². The lowest BCUT2D eigenvalue weighted by atomic mass is 10.0. The Bertz CT molecular complexity index is 596. The van der Waals surface area contributed by atoms with Crippen LogP contribution in [-0.2, 0) is 6.54 Å². The molecule has 4 heteroatoms. The van der Waals surface area contributed by atoms with E-state index in [-0.39, 0.29) is 17.9 Å². The smallest absolute Gasteiger partial charge is 0.335 e. The summed E-state index contributed by atoms with van der Waals surface area (Å²) in [7, 11) is 0. The Morgan fingerprint density at radius 3 is 2.50 bits per heavy atom. The van der Waals surface area contributed by atoms with Gasteiger partial charge in [0.1, 0.15) is 5.82 Å². The van der Waals surface area contributed by atoms with Crippen LogP contribution in [0.1, 0.15) is 15.9 Å². The normalized spacial score (nSPS) is 10.3. The first-order valence-electron chi connectivity index (χ1n) is 5.44. The molecule has 3 N–H and O–H groups in total. The summed E-state index contributed by atoms with van der Waals surface area (Å²) in [6.45, 7) is 0.140. The minimum absolute atomic E-state index is 0.140. The molecule has 0 fully saturated rings. The van der Waals surface area contributed by atoms with Crippen molar-refractivity contribution >= 4 is 5.97 Å². The predicted molar refractivity (Wildman–Crippen MR) is 66.7 cm³/mol. The lowest BCUT2D eigenvalue weighted by molar-refractivity contribution is 0.0697. The van der Waals surface area contributed by atoms with Crippen LogP contribution in [0, 0.1) is 5.82 Å². The molecule has 2 rings (SSSR count). The van der Waals surface area contributed by atoms with Gasteiger partial charge >= 0.3 is 5.97 Å². The van der Waals surface area contributed by atoms with Crippen molar-refractivity contribution in [2.24, 2.45) is 5.73 Å². The minimum atomic E-state index is -1.00. The molecule has 0 amide bonds. The Hall–Kier alpha value is -2.20. The van der Waals surface area contributed by atoms with E-state index < -0.39 is 5.97 Å². The molecule has 3 nitrogen and oxygen atoms in total. The molecule has 0 aliphatic rings. The molecule has 0 spiro atoms. The topological polar surface area (TPSA) is 63.3 Å². The van der Waals surface area contributed by atoms with E-state index in [1.807, 2.05) is 0 Å². The SMILES string of the molecule is NCc1ccc(-c2cccc(C(=O)O)c2)cc1F. The van der Waals surface area contributed by atoms with Crippen LogP contribution in [0.5, 0.6) is 0 Å². The lowest BCUT2D eigenvalue weighted by Crippen LogP contribution is -2.00. The fraction of sp³-hybridized carbons (Fsp3) is 0.0714. The Labute approximate surface area is 104 Å². The van der Waals surface area contributed by atoms with Gasteiger partial charge < -0.3 is 10.8 Å². The quantitative estimate of drug-likeness (QED) is 0.873. The zero-order valence-electron chi connectivity index (χ0n) is 9.56. The van der Waals surface area contributed by atoms with Gasteiger partial charge in [0.05, 0.1) is 5.56 Å². The van der Waals surface area contributed by atoms with Gasteiger partial charge in [-0.15, -0.1) is 0 Å². The summed E-state index contributed by atoms with van der Waals surface area (Å²) in [6.07, 6.45) is 0. The minimum Gasteiger partial charge on any atom is -0.478 e. The molecule has 0 saturated carbocycles. The van der Waals surface area contributed by atoms with Crippen LogP contribution in [0.2, 0.25) is 0 Å². The molecule has 2 aromatic carbocycles. The highest BCUT2D eigenvalue weighted by Crippen LogP contribution is 2.22. The van der Waals surface area contributed by atoms with Gasteiger partial charge in [-0.3, -0.25) is 0 Å². The van der Waals surface area contributed by atoms with Crippen LogP contribution in [-0.4, -0.2) is 11.1 Å². The van der Waals surface area contributed by atoms with Crippen molar-refractivity contribution in [1.29, 1.82) is 0 Å². The van der Waals surface area contributed by atoms with Crippen LogP contribution in [0.3, 0.4) is 0 Å². The van der Waals surface area contributed by atoms with E-state index in [0.717, 1.165) is 0 Å². The molecular formula is C14H12FNO2. The number of nitrogens with two attached hydrogens (primary N) is 1. The standard InChI is InChI=1S/C14H12FNO2/c15-13-7-10(4-5-12(13)8-16)9-2-1-3-11(6-9)14(17)18/h1-7H,8,16H2,(H,17,18). The van der Waals surface area contributed by atoms with Gasteiger partial charge in [0.2, 0.25) is 0 Å². The molecule has 92 valence electrons. The van der Waals surface area contributed by atoms with Crippen LogP contribution in [0.15, 0.2) is 42.5 Å². The Balaban J connectivity index is 2.45. The van der Waals surface area contributed by atoms with Gasteiger partial charge in [0.25, 0.3) is 0 Å². The van der Waals surface area contributed by atoms with Crippen molar-refractivity contribution in [1.82, 2.24) is 0 Å². The second-order valence-electron chi connectivity index (χ2n) is 3.90. The fourth-order valence-electron chi connectivity index (χ4n) is 1.72. The second-order valence-corrected chi connectivity index (χ2v) is 3.90. The predicted octanol–water partition coefficient (Wildman–Crippen LogP) is 2.65. The zero-order chi connectivity index (χ0) is 13.1. The van der Waals surface area contributed by atoms with Crippen molar-refractivity contribution < 1.29 is 14.3 Å². The number of hydrogen-bond donors (Lipinski definition) is 2. The van der Waals surface area contributed by atoms with Crippen molar-refractivity contribution in [3.8, 4) is 11.1 Å². The summed E-state index contributed by atoms with van der Waals surface area (Å²) in [6, 6.07) is 11.1. The van der Waals surface area contributed by atoms with Crippen LogP contribution in [0.4, 0.5) is 4.39 Å². The Morgan fingerprint density at radius 2 is 1.89 bits per heavy atom. The van der Waals surface area contributed by atoms with E-state index in [0.29, 0.717) is 16.7 Å². The third-order valence-electron chi connectivity index (χ3n) is 2.72. The number of carboxylic acids is 1. The first-order chi connectivity index (χ1) is 8.61. The average Bonchev–Trinajstić information content (AvgIpc) is 2.38. The number of hydrogen-bond acceptors (Lipinski definition) is 2. The van der Waals surface area contributed by atoms with Gasteiger partial charge in [-0.2, -0.15) is 0 Å². The number of carbonyl (C=O) groups is 1. The highest BCUT2D eigenvalue weighted by molar-refractivity contribution is 5.89. The third kappa shape index (κ3) is 2.38. The molecule has 0 unspecified atom stereocenters. The molecule has 0 aliphatic heterocycles. The number of rotatable bonds is 3. The highest BCUT2D eigenvalue weighted by Gasteiger charge is 2.07. The third-order valence-corrected chi connectivity index (χ3v) is 2.72. The molecule has 0 saturated heterocycles. The number of benzene rings is 2. The maximum Gasteiger partial charge on any atom is 0.335 e. The Kier molecular flexibility index (Phi) is 3.39. The Morgan fingerprint density at radius 1 is 1.17 bits per heavy atom. The second kappa shape index (κ2) is 4.98. The van der Waals surface area contributed by atoms with E-state index in [1.54, 1.807) is 24.3 Å². The van der Waals surface area contributed by atoms with E-state index >= 15 is 0 Å². The molecule has 0 bridgehead atoms. The summed E-state index contributed by atoms with van der Waals surface area (Å²) >= 11 is 0. The zero-order valence-corrected chi connectivity index (χ0v) is 9.56. The van der Waals surface area contributed by atoms with Crippen LogP contribution < -0.4 is 5.73 Å². The molecule has 18 heavy (non-hydrogen) atoms. The molecule has 0 radical (unpaired) electrons. The van der Waals surface area contributed by atoms with Gasteiger partial charge in [-0.25, -0.2) is 9.18 Å². The summed E-state index contributed by atoms with van der Waals surface area (Å²) in [5.74, 6) is -1.38. The van der Waals surface area contributed by atoms with Crippen LogP contribution >= 0.6 is 0 Å². The molecule has 0 aliphatic carbocycles. The maximum absolute atomic E-state index is 13.6. The van der Waals surface area contributed by atoms with E-state index in [9.17, 15) is 9.18 Å². The van der Waals surface area contributed by atoms with E-state index in [1.165, 1.54) is 18.2 Å².